The van der Waals surface area contributed by atoms with Crippen LogP contribution in [-0.4, -0.2) is 21.5 Å². The van der Waals surface area contributed by atoms with Crippen molar-refractivity contribution >= 4 is 51.9 Å². The van der Waals surface area contributed by atoms with Gasteiger partial charge in [0, 0.05) is 29.7 Å². The standard InChI is InChI=1S/C34H34N4O2S/c1-6-25-8-12-29(13-9-25)36-34-38(31-16-10-26(7-2)11-17-31)33(40)32(41-34)21-27-20-22(3)37(23(27)4)30-18-14-28(15-19-30)35-24(5)39/h8-21H,6-7H2,1-5H3,(H,35,39)/b32-21-,36-34?. The summed E-state index contributed by atoms with van der Waals surface area (Å²) in [5.41, 5.74) is 8.86. The molecule has 0 saturated carbocycles. The molecule has 0 unspecified atom stereocenters. The third-order valence-corrected chi connectivity index (χ3v) is 8.15. The van der Waals surface area contributed by atoms with Gasteiger partial charge in [-0.05, 0) is 116 Å². The van der Waals surface area contributed by atoms with Gasteiger partial charge in [-0.1, -0.05) is 38.1 Å². The topological polar surface area (TPSA) is 66.7 Å². The number of carbonyl (C=O) groups is 2. The number of carbonyl (C=O) groups excluding carboxylic acids is 2. The highest BCUT2D eigenvalue weighted by molar-refractivity contribution is 8.19. The van der Waals surface area contributed by atoms with E-state index in [1.165, 1.54) is 29.8 Å². The summed E-state index contributed by atoms with van der Waals surface area (Å²) in [5, 5.41) is 3.44. The number of aryl methyl sites for hydroxylation is 3. The fourth-order valence-electron chi connectivity index (χ4n) is 4.94. The van der Waals surface area contributed by atoms with Crippen LogP contribution >= 0.6 is 11.8 Å². The summed E-state index contributed by atoms with van der Waals surface area (Å²) in [6, 6.07) is 26.1. The first kappa shape index (κ1) is 28.2. The van der Waals surface area contributed by atoms with Crippen LogP contribution in [-0.2, 0) is 22.4 Å². The van der Waals surface area contributed by atoms with Crippen LogP contribution < -0.4 is 10.2 Å². The molecule has 6 nitrogen and oxygen atoms in total. The maximum atomic E-state index is 13.9. The van der Waals surface area contributed by atoms with E-state index in [2.05, 4.69) is 67.9 Å². The van der Waals surface area contributed by atoms with Crippen molar-refractivity contribution in [3.63, 3.8) is 0 Å². The first-order valence-electron chi connectivity index (χ1n) is 13.8. The lowest BCUT2D eigenvalue weighted by atomic mass is 10.1. The molecule has 208 valence electrons. The molecule has 0 atom stereocenters. The van der Waals surface area contributed by atoms with E-state index in [-0.39, 0.29) is 11.8 Å². The van der Waals surface area contributed by atoms with Crippen molar-refractivity contribution in [2.75, 3.05) is 10.2 Å². The Labute approximate surface area is 245 Å². The number of benzene rings is 3. The molecule has 1 N–H and O–H groups in total. The molecule has 0 radical (unpaired) electrons. The first-order chi connectivity index (χ1) is 19.8. The minimum atomic E-state index is -0.102. The Morgan fingerprint density at radius 2 is 1.46 bits per heavy atom. The monoisotopic (exact) mass is 562 g/mol. The smallest absolute Gasteiger partial charge is 0.271 e. The SMILES string of the molecule is CCc1ccc(N=C2S/C(=C\c3cc(C)n(-c4ccc(NC(C)=O)cc4)c3C)C(=O)N2c2ccc(CC)cc2)cc1. The Kier molecular flexibility index (Phi) is 8.26. The Morgan fingerprint density at radius 1 is 0.878 bits per heavy atom. The lowest BCUT2D eigenvalue weighted by Crippen LogP contribution is -2.28. The van der Waals surface area contributed by atoms with Gasteiger partial charge in [-0.15, -0.1) is 0 Å². The van der Waals surface area contributed by atoms with Crippen LogP contribution in [0.25, 0.3) is 11.8 Å². The number of amidine groups is 1. The van der Waals surface area contributed by atoms with Crippen LogP contribution in [0.15, 0.2) is 88.8 Å². The molecule has 7 heteroatoms. The van der Waals surface area contributed by atoms with Crippen LogP contribution in [0.2, 0.25) is 0 Å². The van der Waals surface area contributed by atoms with Gasteiger partial charge in [0.05, 0.1) is 16.3 Å². The summed E-state index contributed by atoms with van der Waals surface area (Å²) in [5.74, 6) is -0.192. The number of thioether (sulfide) groups is 1. The Bertz CT molecular complexity index is 1650. The molecule has 41 heavy (non-hydrogen) atoms. The highest BCUT2D eigenvalue weighted by Gasteiger charge is 2.35. The second kappa shape index (κ2) is 12.0. The van der Waals surface area contributed by atoms with Crippen LogP contribution in [0.5, 0.6) is 0 Å². The van der Waals surface area contributed by atoms with Gasteiger partial charge in [0.25, 0.3) is 5.91 Å². The van der Waals surface area contributed by atoms with E-state index in [1.54, 1.807) is 4.90 Å². The van der Waals surface area contributed by atoms with Crippen molar-refractivity contribution in [3.05, 3.63) is 112 Å². The molecule has 1 aliphatic heterocycles. The predicted octanol–water partition coefficient (Wildman–Crippen LogP) is 7.99. The highest BCUT2D eigenvalue weighted by Crippen LogP contribution is 2.38. The van der Waals surface area contributed by atoms with E-state index in [4.69, 9.17) is 4.99 Å². The van der Waals surface area contributed by atoms with Gasteiger partial charge in [-0.2, -0.15) is 0 Å². The number of nitrogens with one attached hydrogen (secondary N) is 1. The zero-order chi connectivity index (χ0) is 29.1. The average Bonchev–Trinajstić information content (AvgIpc) is 3.42. The zero-order valence-corrected chi connectivity index (χ0v) is 24.9. The summed E-state index contributed by atoms with van der Waals surface area (Å²) in [7, 11) is 0. The Morgan fingerprint density at radius 3 is 2.05 bits per heavy atom. The maximum Gasteiger partial charge on any atom is 0.271 e. The summed E-state index contributed by atoms with van der Waals surface area (Å²) in [6.07, 6.45) is 3.86. The highest BCUT2D eigenvalue weighted by atomic mass is 32.2. The number of anilines is 2. The molecule has 1 aromatic heterocycles. The van der Waals surface area contributed by atoms with Gasteiger partial charge in [-0.25, -0.2) is 4.99 Å². The van der Waals surface area contributed by atoms with Crippen molar-refractivity contribution in [1.29, 1.82) is 0 Å². The molecule has 0 bridgehead atoms. The van der Waals surface area contributed by atoms with Crippen molar-refractivity contribution in [2.45, 2.75) is 47.5 Å². The zero-order valence-electron chi connectivity index (χ0n) is 24.1. The number of nitrogens with zero attached hydrogens (tertiary/aromatic N) is 3. The number of hydrogen-bond donors (Lipinski definition) is 1. The second-order valence-electron chi connectivity index (χ2n) is 10.1. The normalized spacial score (nSPS) is 15.2. The second-order valence-corrected chi connectivity index (χ2v) is 11.1. The third-order valence-electron chi connectivity index (χ3n) is 7.18. The van der Waals surface area contributed by atoms with Crippen LogP contribution in [0.3, 0.4) is 0 Å². The van der Waals surface area contributed by atoms with Gasteiger partial charge in [0.15, 0.2) is 5.17 Å². The van der Waals surface area contributed by atoms with Crippen LogP contribution in [0.1, 0.15) is 48.8 Å². The third kappa shape index (κ3) is 6.05. The summed E-state index contributed by atoms with van der Waals surface area (Å²) < 4.78 is 2.15. The summed E-state index contributed by atoms with van der Waals surface area (Å²) in [6.45, 7) is 9.84. The molecule has 0 aliphatic carbocycles. The molecular weight excluding hydrogens is 528 g/mol. The summed E-state index contributed by atoms with van der Waals surface area (Å²) in [4.78, 5) is 32.5. The molecule has 0 spiro atoms. The van der Waals surface area contributed by atoms with Gasteiger partial charge in [0.2, 0.25) is 5.91 Å². The van der Waals surface area contributed by atoms with Gasteiger partial charge in [0.1, 0.15) is 0 Å². The van der Waals surface area contributed by atoms with E-state index in [1.807, 2.05) is 54.6 Å². The van der Waals surface area contributed by atoms with Crippen molar-refractivity contribution in [1.82, 2.24) is 4.57 Å². The molecule has 3 aromatic carbocycles. The fraction of sp³-hybridized carbons (Fsp3) is 0.206. The largest absolute Gasteiger partial charge is 0.326 e. The average molecular weight is 563 g/mol. The molecule has 1 saturated heterocycles. The number of hydrogen-bond acceptors (Lipinski definition) is 4. The van der Waals surface area contributed by atoms with Crippen LogP contribution in [0.4, 0.5) is 17.1 Å². The summed E-state index contributed by atoms with van der Waals surface area (Å²) >= 11 is 1.40. The minimum absolute atomic E-state index is 0.0901. The fourth-order valence-corrected chi connectivity index (χ4v) is 5.94. The van der Waals surface area contributed by atoms with Gasteiger partial charge >= 0.3 is 0 Å². The van der Waals surface area contributed by atoms with Gasteiger partial charge < -0.3 is 9.88 Å². The Hall–Kier alpha value is -4.36. The molecule has 2 amide bonds. The molecule has 2 heterocycles. The first-order valence-corrected chi connectivity index (χ1v) is 14.7. The predicted molar refractivity (Wildman–Crippen MR) is 171 cm³/mol. The molecule has 5 rings (SSSR count). The molecule has 1 aliphatic rings. The van der Waals surface area contributed by atoms with Crippen molar-refractivity contribution in [2.24, 2.45) is 4.99 Å². The van der Waals surface area contributed by atoms with E-state index in [0.29, 0.717) is 10.1 Å². The van der Waals surface area contributed by atoms with E-state index in [9.17, 15) is 9.59 Å². The lowest BCUT2D eigenvalue weighted by molar-refractivity contribution is -0.114. The molecule has 1 fully saturated rings. The quantitative estimate of drug-likeness (QED) is 0.232. The van der Waals surface area contributed by atoms with Crippen LogP contribution in [0, 0.1) is 13.8 Å². The van der Waals surface area contributed by atoms with Gasteiger partial charge in [-0.3, -0.25) is 14.5 Å². The van der Waals surface area contributed by atoms with E-state index < -0.39 is 0 Å². The van der Waals surface area contributed by atoms with E-state index in [0.717, 1.165) is 52.5 Å². The number of rotatable bonds is 7. The number of aliphatic imine (C=N–C) groups is 1. The molecule has 4 aromatic rings. The number of amides is 2. The maximum absolute atomic E-state index is 13.9. The lowest BCUT2D eigenvalue weighted by Gasteiger charge is -2.16. The number of aromatic nitrogens is 1. The minimum Gasteiger partial charge on any atom is -0.326 e. The van der Waals surface area contributed by atoms with E-state index >= 15 is 0 Å². The van der Waals surface area contributed by atoms with Crippen molar-refractivity contribution < 1.29 is 9.59 Å². The van der Waals surface area contributed by atoms with Crippen molar-refractivity contribution in [3.8, 4) is 5.69 Å². The Balaban J connectivity index is 1.51. The molecular formula is C34H34N4O2S.